The third-order valence-electron chi connectivity index (χ3n) is 6.35. The number of piperidine rings is 1. The summed E-state index contributed by atoms with van der Waals surface area (Å²) in [7, 11) is 0. The van der Waals surface area contributed by atoms with Crippen LogP contribution < -0.4 is 5.32 Å². The Morgan fingerprint density at radius 1 is 1.06 bits per heavy atom. The van der Waals surface area contributed by atoms with E-state index in [2.05, 4.69) is 17.4 Å². The van der Waals surface area contributed by atoms with E-state index in [9.17, 15) is 19.5 Å². The Balaban J connectivity index is 1.33. The van der Waals surface area contributed by atoms with Gasteiger partial charge in [0.15, 0.2) is 5.60 Å². The van der Waals surface area contributed by atoms with Gasteiger partial charge in [-0.15, -0.1) is 0 Å². The average molecular weight is 438 g/mol. The van der Waals surface area contributed by atoms with Crippen LogP contribution in [0, 0.1) is 0 Å². The molecule has 0 spiro atoms. The number of carbonyl (C=O) groups excluding carboxylic acids is 2. The van der Waals surface area contributed by atoms with Gasteiger partial charge in [-0.2, -0.15) is 0 Å². The van der Waals surface area contributed by atoms with Crippen molar-refractivity contribution in [1.82, 2.24) is 10.2 Å². The first-order valence-electron chi connectivity index (χ1n) is 10.7. The van der Waals surface area contributed by atoms with Crippen molar-refractivity contribution in [2.75, 3.05) is 19.7 Å². The lowest BCUT2D eigenvalue weighted by atomic mass is 9.91. The number of likely N-dealkylation sites (tertiary alicyclic amines) is 1. The maximum Gasteiger partial charge on any atom is 0.407 e. The number of hydrogen-bond donors (Lipinski definition) is 3. The van der Waals surface area contributed by atoms with E-state index in [1.807, 2.05) is 36.4 Å². The number of aliphatic hydroxyl groups is 1. The molecule has 0 aromatic heterocycles. The van der Waals surface area contributed by atoms with Crippen LogP contribution in [-0.2, 0) is 14.3 Å². The van der Waals surface area contributed by atoms with E-state index in [1.165, 1.54) is 4.90 Å². The van der Waals surface area contributed by atoms with E-state index in [4.69, 9.17) is 9.84 Å². The zero-order valence-corrected chi connectivity index (χ0v) is 17.8. The molecule has 1 aliphatic carbocycles. The first-order chi connectivity index (χ1) is 15.3. The van der Waals surface area contributed by atoms with Crippen molar-refractivity contribution in [3.63, 3.8) is 0 Å². The second-order valence-corrected chi connectivity index (χ2v) is 8.35. The molecule has 8 heteroatoms. The summed E-state index contributed by atoms with van der Waals surface area (Å²) in [4.78, 5) is 37.6. The number of carboxylic acids is 1. The van der Waals surface area contributed by atoms with Crippen LogP contribution in [0.1, 0.15) is 36.8 Å². The van der Waals surface area contributed by atoms with Gasteiger partial charge in [0, 0.05) is 31.8 Å². The van der Waals surface area contributed by atoms with E-state index in [0.29, 0.717) is 0 Å². The first-order valence-corrected chi connectivity index (χ1v) is 10.7. The van der Waals surface area contributed by atoms with Gasteiger partial charge in [-0.25, -0.2) is 9.59 Å². The Kier molecular flexibility index (Phi) is 5.88. The summed E-state index contributed by atoms with van der Waals surface area (Å²) in [5.74, 6) is -1.70. The number of benzene rings is 2. The third-order valence-corrected chi connectivity index (χ3v) is 6.35. The smallest absolute Gasteiger partial charge is 0.407 e. The van der Waals surface area contributed by atoms with Gasteiger partial charge in [0.2, 0.25) is 5.91 Å². The van der Waals surface area contributed by atoms with Crippen LogP contribution >= 0.6 is 0 Å². The minimum absolute atomic E-state index is 0.0499. The molecule has 2 aromatic rings. The zero-order valence-electron chi connectivity index (χ0n) is 17.8. The Labute approximate surface area is 185 Å². The molecule has 0 bridgehead atoms. The molecule has 1 heterocycles. The molecule has 0 unspecified atom stereocenters. The van der Waals surface area contributed by atoms with Gasteiger partial charge < -0.3 is 25.2 Å². The summed E-state index contributed by atoms with van der Waals surface area (Å²) >= 11 is 0. The molecule has 1 aliphatic heterocycles. The van der Waals surface area contributed by atoms with Crippen LogP contribution in [0.2, 0.25) is 0 Å². The zero-order chi connectivity index (χ0) is 22.9. The number of alkyl carbamates (subject to hydrolysis) is 1. The lowest BCUT2D eigenvalue weighted by Crippen LogP contribution is -2.54. The standard InChI is InChI=1S/C24H26N2O6/c1-15(21(27)26-12-10-24(31,11-13-26)22(28)29)25-23(30)32-14-20-18-8-4-2-6-16(18)17-7-3-5-9-19(17)20/h2-9,15,20,31H,10-14H2,1H3,(H,25,30)(H,28,29)/t15-/m0/s1. The summed E-state index contributed by atoms with van der Waals surface area (Å²) in [5, 5.41) is 21.7. The maximum absolute atomic E-state index is 12.6. The van der Waals surface area contributed by atoms with Crippen molar-refractivity contribution < 1.29 is 29.3 Å². The summed E-state index contributed by atoms with van der Waals surface area (Å²) in [5.41, 5.74) is 2.66. The average Bonchev–Trinajstić information content (AvgIpc) is 3.11. The predicted octanol–water partition coefficient (Wildman–Crippen LogP) is 2.35. The van der Waals surface area contributed by atoms with Crippen molar-refractivity contribution in [2.24, 2.45) is 0 Å². The van der Waals surface area contributed by atoms with Gasteiger partial charge in [0.05, 0.1) is 0 Å². The van der Waals surface area contributed by atoms with Crippen molar-refractivity contribution in [3.8, 4) is 11.1 Å². The van der Waals surface area contributed by atoms with Gasteiger partial charge in [-0.3, -0.25) is 4.79 Å². The van der Waals surface area contributed by atoms with Crippen molar-refractivity contribution in [1.29, 1.82) is 0 Å². The molecule has 1 saturated heterocycles. The fourth-order valence-corrected chi connectivity index (χ4v) is 4.46. The fraction of sp³-hybridized carbons (Fsp3) is 0.375. The highest BCUT2D eigenvalue weighted by atomic mass is 16.5. The van der Waals surface area contributed by atoms with Crippen LogP contribution in [0.15, 0.2) is 48.5 Å². The lowest BCUT2D eigenvalue weighted by molar-refractivity contribution is -0.165. The Morgan fingerprint density at radius 2 is 1.59 bits per heavy atom. The summed E-state index contributed by atoms with van der Waals surface area (Å²) in [6.45, 7) is 1.93. The van der Waals surface area contributed by atoms with Crippen LogP contribution in [0.25, 0.3) is 11.1 Å². The normalized spacial score (nSPS) is 17.8. The number of rotatable bonds is 5. The quantitative estimate of drug-likeness (QED) is 0.660. The summed E-state index contributed by atoms with van der Waals surface area (Å²) in [6, 6.07) is 15.2. The molecule has 2 amide bonds. The molecular formula is C24H26N2O6. The van der Waals surface area contributed by atoms with Crippen LogP contribution in [0.4, 0.5) is 4.79 Å². The molecule has 32 heavy (non-hydrogen) atoms. The van der Waals surface area contributed by atoms with E-state index >= 15 is 0 Å². The Hall–Kier alpha value is -3.39. The highest BCUT2D eigenvalue weighted by Crippen LogP contribution is 2.44. The second-order valence-electron chi connectivity index (χ2n) is 8.35. The van der Waals surface area contributed by atoms with E-state index in [-0.39, 0.29) is 44.4 Å². The number of nitrogens with one attached hydrogen (secondary N) is 1. The van der Waals surface area contributed by atoms with Gasteiger partial charge in [0.1, 0.15) is 12.6 Å². The molecule has 168 valence electrons. The molecular weight excluding hydrogens is 412 g/mol. The minimum Gasteiger partial charge on any atom is -0.479 e. The molecule has 4 rings (SSSR count). The maximum atomic E-state index is 12.6. The Bertz CT molecular complexity index is 999. The van der Waals surface area contributed by atoms with E-state index in [0.717, 1.165) is 22.3 Å². The summed E-state index contributed by atoms with van der Waals surface area (Å²) in [6.07, 6.45) is -0.788. The monoisotopic (exact) mass is 438 g/mol. The van der Waals surface area contributed by atoms with Crippen LogP contribution in [-0.4, -0.2) is 64.4 Å². The molecule has 1 atom stereocenters. The number of carboxylic acid groups (broad SMARTS) is 1. The fourth-order valence-electron chi connectivity index (χ4n) is 4.46. The molecule has 2 aliphatic rings. The SMILES string of the molecule is C[C@H](NC(=O)OCC1c2ccccc2-c2ccccc21)C(=O)N1CCC(O)(C(=O)O)CC1. The third kappa shape index (κ3) is 4.05. The number of aliphatic carboxylic acids is 1. The number of amides is 2. The lowest BCUT2D eigenvalue weighted by Gasteiger charge is -2.36. The molecule has 8 nitrogen and oxygen atoms in total. The molecule has 1 fully saturated rings. The minimum atomic E-state index is -1.81. The van der Waals surface area contributed by atoms with E-state index < -0.39 is 23.7 Å². The molecule has 3 N–H and O–H groups in total. The molecule has 0 radical (unpaired) electrons. The highest BCUT2D eigenvalue weighted by Gasteiger charge is 2.41. The number of carbonyl (C=O) groups is 3. The van der Waals surface area contributed by atoms with Gasteiger partial charge in [-0.1, -0.05) is 48.5 Å². The van der Waals surface area contributed by atoms with Crippen molar-refractivity contribution in [2.45, 2.75) is 37.3 Å². The van der Waals surface area contributed by atoms with Gasteiger partial charge >= 0.3 is 12.1 Å². The topological polar surface area (TPSA) is 116 Å². The van der Waals surface area contributed by atoms with E-state index in [1.54, 1.807) is 6.92 Å². The largest absolute Gasteiger partial charge is 0.479 e. The number of hydrogen-bond acceptors (Lipinski definition) is 5. The predicted molar refractivity (Wildman–Crippen MR) is 116 cm³/mol. The van der Waals surface area contributed by atoms with Gasteiger partial charge in [-0.05, 0) is 29.2 Å². The number of ether oxygens (including phenoxy) is 1. The molecule has 2 aromatic carbocycles. The number of nitrogens with zero attached hydrogens (tertiary/aromatic N) is 1. The van der Waals surface area contributed by atoms with Crippen LogP contribution in [0.5, 0.6) is 0 Å². The molecule has 0 saturated carbocycles. The first kappa shape index (κ1) is 21.8. The van der Waals surface area contributed by atoms with Crippen molar-refractivity contribution in [3.05, 3.63) is 59.7 Å². The highest BCUT2D eigenvalue weighted by molar-refractivity contribution is 5.86. The van der Waals surface area contributed by atoms with Crippen LogP contribution in [0.3, 0.4) is 0 Å². The number of fused-ring (bicyclic) bond motifs is 3. The summed E-state index contributed by atoms with van der Waals surface area (Å²) < 4.78 is 5.47. The second kappa shape index (κ2) is 8.63. The van der Waals surface area contributed by atoms with Gasteiger partial charge in [0.25, 0.3) is 0 Å². The Morgan fingerprint density at radius 3 is 2.12 bits per heavy atom. The van der Waals surface area contributed by atoms with Crippen molar-refractivity contribution >= 4 is 18.0 Å².